The highest BCUT2D eigenvalue weighted by molar-refractivity contribution is 5.92. The maximum atomic E-state index is 11.0. The molecule has 0 unspecified atom stereocenters. The fourth-order valence-corrected chi connectivity index (χ4v) is 1.69. The summed E-state index contributed by atoms with van der Waals surface area (Å²) in [6.45, 7) is 1.44. The van der Waals surface area contributed by atoms with Crippen LogP contribution >= 0.6 is 0 Å². The van der Waals surface area contributed by atoms with E-state index in [9.17, 15) is 4.79 Å². The number of primary amides is 1. The Bertz CT molecular complexity index is 526. The molecule has 1 heterocycles. The van der Waals surface area contributed by atoms with Gasteiger partial charge in [-0.1, -0.05) is 18.2 Å². The predicted octanol–water partition coefficient (Wildman–Crippen LogP) is 1.47. The molecular weight excluding hydrogens is 226 g/mol. The van der Waals surface area contributed by atoms with Crippen LogP contribution in [0.15, 0.2) is 48.8 Å². The number of pyridine rings is 1. The third-order valence-corrected chi connectivity index (χ3v) is 2.59. The predicted molar refractivity (Wildman–Crippen MR) is 69.7 cm³/mol. The van der Waals surface area contributed by atoms with Gasteiger partial charge >= 0.3 is 0 Å². The Hall–Kier alpha value is -2.20. The minimum atomic E-state index is -0.399. The number of carbonyl (C=O) groups excluding carboxylic acids is 1. The number of hydrogen-bond donors (Lipinski definition) is 2. The van der Waals surface area contributed by atoms with Gasteiger partial charge in [0, 0.05) is 31.0 Å². The molecule has 0 spiro atoms. The minimum Gasteiger partial charge on any atom is -0.366 e. The van der Waals surface area contributed by atoms with Crippen LogP contribution in [0, 0.1) is 0 Å². The number of nitrogens with one attached hydrogen (secondary N) is 1. The van der Waals surface area contributed by atoms with Crippen molar-refractivity contribution in [2.45, 2.75) is 13.1 Å². The number of aromatic nitrogens is 1. The van der Waals surface area contributed by atoms with E-state index >= 15 is 0 Å². The van der Waals surface area contributed by atoms with Gasteiger partial charge in [-0.2, -0.15) is 0 Å². The molecule has 0 saturated carbocycles. The molecule has 18 heavy (non-hydrogen) atoms. The van der Waals surface area contributed by atoms with Gasteiger partial charge in [0.25, 0.3) is 0 Å². The molecule has 0 radical (unpaired) electrons. The normalized spacial score (nSPS) is 10.2. The van der Waals surface area contributed by atoms with Gasteiger partial charge in [0.15, 0.2) is 0 Å². The molecule has 3 N–H and O–H groups in total. The molecule has 1 aromatic heterocycles. The summed E-state index contributed by atoms with van der Waals surface area (Å²) in [5.41, 5.74) is 7.94. The van der Waals surface area contributed by atoms with Crippen LogP contribution in [0.3, 0.4) is 0 Å². The lowest BCUT2D eigenvalue weighted by Crippen LogP contribution is -2.15. The summed E-state index contributed by atoms with van der Waals surface area (Å²) >= 11 is 0. The second-order valence-corrected chi connectivity index (χ2v) is 4.03. The topological polar surface area (TPSA) is 68.0 Å². The highest BCUT2D eigenvalue weighted by Gasteiger charge is 2.00. The molecule has 0 bridgehead atoms. The Morgan fingerprint density at radius 1 is 1.17 bits per heavy atom. The summed E-state index contributed by atoms with van der Waals surface area (Å²) in [5.74, 6) is -0.399. The van der Waals surface area contributed by atoms with Gasteiger partial charge in [0.05, 0.1) is 0 Å². The van der Waals surface area contributed by atoms with E-state index in [-0.39, 0.29) is 0 Å². The first-order chi connectivity index (χ1) is 8.75. The maximum absolute atomic E-state index is 11.0. The summed E-state index contributed by atoms with van der Waals surface area (Å²) in [6.07, 6.45) is 3.58. The standard InChI is InChI=1S/C14H15N3O/c15-14(18)13-5-1-3-11(7-13)8-17-10-12-4-2-6-16-9-12/h1-7,9,17H,8,10H2,(H2,15,18). The van der Waals surface area contributed by atoms with Crippen LogP contribution in [0.1, 0.15) is 21.5 Å². The van der Waals surface area contributed by atoms with Crippen LogP contribution in [-0.4, -0.2) is 10.9 Å². The first-order valence-electron chi connectivity index (χ1n) is 5.74. The Balaban J connectivity index is 1.90. The highest BCUT2D eigenvalue weighted by Crippen LogP contribution is 2.05. The quantitative estimate of drug-likeness (QED) is 0.833. The van der Waals surface area contributed by atoms with E-state index in [1.165, 1.54) is 0 Å². The van der Waals surface area contributed by atoms with Crippen molar-refractivity contribution in [1.29, 1.82) is 0 Å². The number of nitrogens with two attached hydrogens (primary N) is 1. The molecule has 92 valence electrons. The summed E-state index contributed by atoms with van der Waals surface area (Å²) < 4.78 is 0. The molecule has 4 nitrogen and oxygen atoms in total. The Morgan fingerprint density at radius 2 is 1.94 bits per heavy atom. The molecule has 2 rings (SSSR count). The molecule has 0 saturated heterocycles. The Morgan fingerprint density at radius 3 is 2.67 bits per heavy atom. The lowest BCUT2D eigenvalue weighted by atomic mass is 10.1. The monoisotopic (exact) mass is 241 g/mol. The van der Waals surface area contributed by atoms with Crippen molar-refractivity contribution < 1.29 is 4.79 Å². The first kappa shape index (κ1) is 12.3. The van der Waals surface area contributed by atoms with Gasteiger partial charge in [-0.25, -0.2) is 0 Å². The van der Waals surface area contributed by atoms with E-state index in [0.717, 1.165) is 17.7 Å². The minimum absolute atomic E-state index is 0.399. The molecule has 4 heteroatoms. The van der Waals surface area contributed by atoms with Crippen LogP contribution < -0.4 is 11.1 Å². The fraction of sp³-hybridized carbons (Fsp3) is 0.143. The number of nitrogens with zero attached hydrogens (tertiary/aromatic N) is 1. The fourth-order valence-electron chi connectivity index (χ4n) is 1.69. The van der Waals surface area contributed by atoms with E-state index in [2.05, 4.69) is 10.3 Å². The summed E-state index contributed by atoms with van der Waals surface area (Å²) in [7, 11) is 0. The molecule has 0 fully saturated rings. The van der Waals surface area contributed by atoms with Gasteiger partial charge in [-0.05, 0) is 29.3 Å². The van der Waals surface area contributed by atoms with Crippen molar-refractivity contribution in [3.05, 3.63) is 65.5 Å². The zero-order valence-electron chi connectivity index (χ0n) is 9.97. The van der Waals surface area contributed by atoms with Crippen molar-refractivity contribution in [2.75, 3.05) is 0 Å². The van der Waals surface area contributed by atoms with E-state index in [1.807, 2.05) is 30.5 Å². The zero-order valence-corrected chi connectivity index (χ0v) is 9.97. The number of benzene rings is 1. The summed E-state index contributed by atoms with van der Waals surface area (Å²) in [6, 6.07) is 11.2. The van der Waals surface area contributed by atoms with Crippen molar-refractivity contribution in [2.24, 2.45) is 5.73 Å². The third kappa shape index (κ3) is 3.40. The third-order valence-electron chi connectivity index (χ3n) is 2.59. The van der Waals surface area contributed by atoms with Gasteiger partial charge < -0.3 is 11.1 Å². The number of hydrogen-bond acceptors (Lipinski definition) is 3. The lowest BCUT2D eigenvalue weighted by Gasteiger charge is -2.05. The second kappa shape index (κ2) is 5.93. The van der Waals surface area contributed by atoms with E-state index in [0.29, 0.717) is 12.1 Å². The van der Waals surface area contributed by atoms with Gasteiger partial charge in [-0.15, -0.1) is 0 Å². The van der Waals surface area contributed by atoms with E-state index in [4.69, 9.17) is 5.73 Å². The number of amides is 1. The summed E-state index contributed by atoms with van der Waals surface area (Å²) in [4.78, 5) is 15.1. The second-order valence-electron chi connectivity index (χ2n) is 4.03. The zero-order chi connectivity index (χ0) is 12.8. The van der Waals surface area contributed by atoms with Crippen LogP contribution in [0.4, 0.5) is 0 Å². The molecule has 0 aliphatic carbocycles. The maximum Gasteiger partial charge on any atom is 0.248 e. The van der Waals surface area contributed by atoms with Crippen molar-refractivity contribution >= 4 is 5.91 Å². The number of carbonyl (C=O) groups is 1. The highest BCUT2D eigenvalue weighted by atomic mass is 16.1. The molecule has 0 atom stereocenters. The van der Waals surface area contributed by atoms with Crippen LogP contribution in [0.25, 0.3) is 0 Å². The van der Waals surface area contributed by atoms with Gasteiger partial charge in [0.2, 0.25) is 5.91 Å². The first-order valence-corrected chi connectivity index (χ1v) is 5.74. The molecule has 0 aliphatic heterocycles. The van der Waals surface area contributed by atoms with Crippen LogP contribution in [0.5, 0.6) is 0 Å². The van der Waals surface area contributed by atoms with Gasteiger partial charge in [-0.3, -0.25) is 9.78 Å². The Kier molecular flexibility index (Phi) is 4.04. The molecule has 0 aliphatic rings. The van der Waals surface area contributed by atoms with Crippen molar-refractivity contribution in [3.8, 4) is 0 Å². The average molecular weight is 241 g/mol. The van der Waals surface area contributed by atoms with E-state index < -0.39 is 5.91 Å². The molecule has 2 aromatic rings. The molecule has 1 amide bonds. The SMILES string of the molecule is NC(=O)c1cccc(CNCc2cccnc2)c1. The van der Waals surface area contributed by atoms with Crippen molar-refractivity contribution in [3.63, 3.8) is 0 Å². The average Bonchev–Trinajstić information content (AvgIpc) is 2.40. The molecular formula is C14H15N3O. The lowest BCUT2D eigenvalue weighted by molar-refractivity contribution is 0.1000. The number of rotatable bonds is 5. The Labute approximate surface area is 106 Å². The molecule has 1 aromatic carbocycles. The summed E-state index contributed by atoms with van der Waals surface area (Å²) in [5, 5.41) is 3.29. The van der Waals surface area contributed by atoms with Crippen molar-refractivity contribution in [1.82, 2.24) is 10.3 Å². The largest absolute Gasteiger partial charge is 0.366 e. The van der Waals surface area contributed by atoms with Crippen LogP contribution in [-0.2, 0) is 13.1 Å². The smallest absolute Gasteiger partial charge is 0.248 e. The van der Waals surface area contributed by atoms with E-state index in [1.54, 1.807) is 18.3 Å². The van der Waals surface area contributed by atoms with Gasteiger partial charge in [0.1, 0.15) is 0 Å². The van der Waals surface area contributed by atoms with Crippen LogP contribution in [0.2, 0.25) is 0 Å².